The van der Waals surface area contributed by atoms with E-state index in [0.717, 1.165) is 4.47 Å². The molecule has 3 aromatic rings. The number of carbonyl (C=O) groups is 2. The number of amides is 1. The summed E-state index contributed by atoms with van der Waals surface area (Å²) in [5, 5.41) is 3.22. The minimum absolute atomic E-state index is 0.126. The van der Waals surface area contributed by atoms with Gasteiger partial charge in [0.25, 0.3) is 5.91 Å². The van der Waals surface area contributed by atoms with E-state index in [1.807, 2.05) is 0 Å². The molecule has 120 valence electrons. The summed E-state index contributed by atoms with van der Waals surface area (Å²) >= 11 is 3.33. The van der Waals surface area contributed by atoms with Crippen LogP contribution in [0.25, 0.3) is 11.0 Å². The van der Waals surface area contributed by atoms with Gasteiger partial charge in [-0.15, -0.1) is 0 Å². The maximum absolute atomic E-state index is 12.4. The first-order valence-electron chi connectivity index (χ1n) is 7.10. The van der Waals surface area contributed by atoms with Gasteiger partial charge in [-0.05, 0) is 43.3 Å². The molecular formula is C18H12BrNO4. The van der Waals surface area contributed by atoms with Gasteiger partial charge < -0.3 is 9.73 Å². The van der Waals surface area contributed by atoms with E-state index < -0.39 is 11.5 Å². The first-order valence-corrected chi connectivity index (χ1v) is 7.90. The molecule has 1 heterocycles. The van der Waals surface area contributed by atoms with Gasteiger partial charge in [-0.1, -0.05) is 28.1 Å². The standard InChI is InChI=1S/C18H12BrNO4/c1-10(21)13-4-2-3-5-15(13)20-17(22)14-9-11-8-12(19)6-7-16(11)24-18(14)23/h2-9H,1H3,(H,20,22). The third-order valence-electron chi connectivity index (χ3n) is 3.49. The molecule has 0 radical (unpaired) electrons. The van der Waals surface area contributed by atoms with Crippen LogP contribution < -0.4 is 10.9 Å². The molecule has 0 aliphatic rings. The summed E-state index contributed by atoms with van der Waals surface area (Å²) in [5.41, 5.74) is 0.257. The smallest absolute Gasteiger partial charge is 0.349 e. The molecule has 0 atom stereocenters. The van der Waals surface area contributed by atoms with Crippen LogP contribution in [0, 0.1) is 0 Å². The highest BCUT2D eigenvalue weighted by Crippen LogP contribution is 2.20. The molecule has 0 bridgehead atoms. The molecule has 1 aromatic heterocycles. The normalized spacial score (nSPS) is 10.6. The maximum Gasteiger partial charge on any atom is 0.349 e. The minimum atomic E-state index is -0.734. The van der Waals surface area contributed by atoms with Crippen molar-refractivity contribution < 1.29 is 14.0 Å². The molecule has 1 N–H and O–H groups in total. The molecule has 0 unspecified atom stereocenters. The summed E-state index contributed by atoms with van der Waals surface area (Å²) in [5.74, 6) is -0.806. The van der Waals surface area contributed by atoms with Crippen molar-refractivity contribution in [1.29, 1.82) is 0 Å². The Morgan fingerprint density at radius 2 is 1.79 bits per heavy atom. The number of ketones is 1. The molecule has 5 nitrogen and oxygen atoms in total. The van der Waals surface area contributed by atoms with Crippen molar-refractivity contribution in [2.45, 2.75) is 6.92 Å². The molecule has 0 aliphatic carbocycles. The highest BCUT2D eigenvalue weighted by atomic mass is 79.9. The molecule has 24 heavy (non-hydrogen) atoms. The van der Waals surface area contributed by atoms with E-state index in [2.05, 4.69) is 21.2 Å². The zero-order chi connectivity index (χ0) is 17.3. The zero-order valence-electron chi connectivity index (χ0n) is 12.6. The Morgan fingerprint density at radius 3 is 2.54 bits per heavy atom. The van der Waals surface area contributed by atoms with E-state index in [1.165, 1.54) is 13.0 Å². The SMILES string of the molecule is CC(=O)c1ccccc1NC(=O)c1cc2cc(Br)ccc2oc1=O. The molecule has 3 rings (SSSR count). The van der Waals surface area contributed by atoms with Gasteiger partial charge in [0, 0.05) is 15.4 Å². The minimum Gasteiger partial charge on any atom is -0.422 e. The largest absolute Gasteiger partial charge is 0.422 e. The quantitative estimate of drug-likeness (QED) is 0.545. The number of rotatable bonds is 3. The van der Waals surface area contributed by atoms with Crippen molar-refractivity contribution in [3.05, 3.63) is 74.6 Å². The Kier molecular flexibility index (Phi) is 4.31. The fourth-order valence-electron chi connectivity index (χ4n) is 2.34. The monoisotopic (exact) mass is 385 g/mol. The third-order valence-corrected chi connectivity index (χ3v) is 3.99. The van der Waals surface area contributed by atoms with Crippen LogP contribution in [-0.2, 0) is 0 Å². The Bertz CT molecular complexity index is 1020. The molecule has 6 heteroatoms. The van der Waals surface area contributed by atoms with Crippen LogP contribution in [0.4, 0.5) is 5.69 Å². The number of fused-ring (bicyclic) bond motifs is 1. The first-order chi connectivity index (χ1) is 11.5. The number of anilines is 1. The molecular weight excluding hydrogens is 374 g/mol. The molecule has 0 saturated carbocycles. The van der Waals surface area contributed by atoms with E-state index in [-0.39, 0.29) is 11.3 Å². The zero-order valence-corrected chi connectivity index (χ0v) is 14.2. The number of Topliss-reactive ketones (excluding diaryl/α,β-unsaturated/α-hetero) is 1. The number of nitrogens with one attached hydrogen (secondary N) is 1. The average molecular weight is 386 g/mol. The van der Waals surface area contributed by atoms with Crippen molar-refractivity contribution >= 4 is 44.3 Å². The summed E-state index contributed by atoms with van der Waals surface area (Å²) < 4.78 is 5.98. The number of halogens is 1. The van der Waals surface area contributed by atoms with E-state index in [9.17, 15) is 14.4 Å². The van der Waals surface area contributed by atoms with Crippen molar-refractivity contribution in [2.24, 2.45) is 0 Å². The molecule has 0 saturated heterocycles. The first kappa shape index (κ1) is 16.1. The van der Waals surface area contributed by atoms with Crippen molar-refractivity contribution in [1.82, 2.24) is 0 Å². The van der Waals surface area contributed by atoms with E-state index in [0.29, 0.717) is 22.2 Å². The summed E-state index contributed by atoms with van der Waals surface area (Å²) in [6.07, 6.45) is 0. The van der Waals surface area contributed by atoms with Gasteiger partial charge in [0.1, 0.15) is 11.1 Å². The molecule has 2 aromatic carbocycles. The van der Waals surface area contributed by atoms with Crippen LogP contribution in [0.1, 0.15) is 27.6 Å². The highest BCUT2D eigenvalue weighted by Gasteiger charge is 2.16. The number of hydrogen-bond donors (Lipinski definition) is 1. The highest BCUT2D eigenvalue weighted by molar-refractivity contribution is 9.10. The molecule has 0 spiro atoms. The number of carbonyl (C=O) groups excluding carboxylic acids is 2. The van der Waals surface area contributed by atoms with Gasteiger partial charge in [0.15, 0.2) is 5.78 Å². The van der Waals surface area contributed by atoms with Gasteiger partial charge in [-0.25, -0.2) is 4.79 Å². The van der Waals surface area contributed by atoms with Crippen molar-refractivity contribution in [2.75, 3.05) is 5.32 Å². The Hall–Kier alpha value is -2.73. The summed E-state index contributed by atoms with van der Waals surface area (Å²) in [7, 11) is 0. The lowest BCUT2D eigenvalue weighted by atomic mass is 10.1. The van der Waals surface area contributed by atoms with Crippen LogP contribution in [0.2, 0.25) is 0 Å². The van der Waals surface area contributed by atoms with Gasteiger partial charge >= 0.3 is 5.63 Å². The maximum atomic E-state index is 12.4. The third kappa shape index (κ3) is 3.14. The predicted octanol–water partition coefficient (Wildman–Crippen LogP) is 4.01. The lowest BCUT2D eigenvalue weighted by Gasteiger charge is -2.08. The van der Waals surface area contributed by atoms with Crippen LogP contribution in [0.15, 0.2) is 62.2 Å². The molecule has 0 aliphatic heterocycles. The lowest BCUT2D eigenvalue weighted by molar-refractivity contribution is 0.101. The van der Waals surface area contributed by atoms with Crippen LogP contribution in [-0.4, -0.2) is 11.7 Å². The Labute approximate surface area is 145 Å². The summed E-state index contributed by atoms with van der Waals surface area (Å²) in [6.45, 7) is 1.41. The van der Waals surface area contributed by atoms with Gasteiger partial charge in [-0.2, -0.15) is 0 Å². The van der Waals surface area contributed by atoms with E-state index >= 15 is 0 Å². The lowest BCUT2D eigenvalue weighted by Crippen LogP contribution is -2.21. The Balaban J connectivity index is 2.02. The van der Waals surface area contributed by atoms with Crippen LogP contribution in [0.5, 0.6) is 0 Å². The average Bonchev–Trinajstić information content (AvgIpc) is 2.54. The van der Waals surface area contributed by atoms with E-state index in [1.54, 1.807) is 42.5 Å². The second-order valence-electron chi connectivity index (χ2n) is 5.19. The van der Waals surface area contributed by atoms with Gasteiger partial charge in [-0.3, -0.25) is 9.59 Å². The second kappa shape index (κ2) is 6.41. The number of benzene rings is 2. The van der Waals surface area contributed by atoms with Gasteiger partial charge in [0.2, 0.25) is 0 Å². The topological polar surface area (TPSA) is 76.4 Å². The summed E-state index contributed by atoms with van der Waals surface area (Å²) in [4.78, 5) is 36.1. The predicted molar refractivity (Wildman–Crippen MR) is 94.6 cm³/mol. The fraction of sp³-hybridized carbons (Fsp3) is 0.0556. The van der Waals surface area contributed by atoms with Gasteiger partial charge in [0.05, 0.1) is 5.69 Å². The van der Waals surface area contributed by atoms with Crippen LogP contribution in [0.3, 0.4) is 0 Å². The van der Waals surface area contributed by atoms with Crippen molar-refractivity contribution in [3.8, 4) is 0 Å². The van der Waals surface area contributed by atoms with Crippen molar-refractivity contribution in [3.63, 3.8) is 0 Å². The second-order valence-corrected chi connectivity index (χ2v) is 6.10. The number of hydrogen-bond acceptors (Lipinski definition) is 4. The Morgan fingerprint density at radius 1 is 1.04 bits per heavy atom. The molecule has 0 fully saturated rings. The number of para-hydroxylation sites is 1. The summed E-state index contributed by atoms with van der Waals surface area (Å²) in [6, 6.07) is 13.2. The van der Waals surface area contributed by atoms with Crippen LogP contribution >= 0.6 is 15.9 Å². The fourth-order valence-corrected chi connectivity index (χ4v) is 2.72. The molecule has 1 amide bonds. The van der Waals surface area contributed by atoms with E-state index in [4.69, 9.17) is 4.42 Å².